The van der Waals surface area contributed by atoms with Crippen molar-refractivity contribution in [3.05, 3.63) is 93.2 Å². The summed E-state index contributed by atoms with van der Waals surface area (Å²) in [7, 11) is 0. The molecular formula is C29H22BrF5N8O9. The number of rotatable bonds is 11. The molecule has 52 heavy (non-hydrogen) atoms. The number of aryl methyl sites for hydroxylation is 2. The first-order valence-corrected chi connectivity index (χ1v) is 15.1. The molecule has 0 fully saturated rings. The molecule has 0 bridgehead atoms. The number of amides is 3. The van der Waals surface area contributed by atoms with Gasteiger partial charge in [-0.25, -0.2) is 23.4 Å². The SMILES string of the molecule is Cc1noc(CN(OC(=O)NCc2nnc(C)o2)C(=O)OCC(Oc2ccc(F)c(C(N)=O)c2F)c2nc(-c3ccc(C(F)(F)F)cc3)c(Br)o2)n1. The van der Waals surface area contributed by atoms with Gasteiger partial charge in [0.05, 0.1) is 12.1 Å². The van der Waals surface area contributed by atoms with Crippen LogP contribution in [0.1, 0.15) is 51.4 Å². The summed E-state index contributed by atoms with van der Waals surface area (Å²) in [4.78, 5) is 50.8. The maximum atomic E-state index is 15.2. The number of nitrogens with two attached hydrogens (primary N) is 1. The topological polar surface area (TPSA) is 224 Å². The first-order chi connectivity index (χ1) is 24.6. The molecule has 0 aliphatic rings. The van der Waals surface area contributed by atoms with Crippen LogP contribution in [0.3, 0.4) is 0 Å². The third kappa shape index (κ3) is 8.96. The second kappa shape index (κ2) is 15.4. The molecule has 3 aromatic heterocycles. The van der Waals surface area contributed by atoms with Gasteiger partial charge >= 0.3 is 18.4 Å². The van der Waals surface area contributed by atoms with Crippen molar-refractivity contribution < 1.29 is 64.0 Å². The molecule has 0 spiro atoms. The summed E-state index contributed by atoms with van der Waals surface area (Å²) >= 11 is 3.11. The van der Waals surface area contributed by atoms with Crippen molar-refractivity contribution in [3.63, 3.8) is 0 Å². The van der Waals surface area contributed by atoms with Gasteiger partial charge in [0.15, 0.2) is 22.1 Å². The van der Waals surface area contributed by atoms with Crippen LogP contribution in [0.2, 0.25) is 0 Å². The molecule has 5 rings (SSSR count). The minimum absolute atomic E-state index is 0.0105. The van der Waals surface area contributed by atoms with E-state index in [1.807, 2.05) is 0 Å². The van der Waals surface area contributed by atoms with Crippen molar-refractivity contribution in [2.24, 2.45) is 5.73 Å². The number of aromatic nitrogens is 5. The van der Waals surface area contributed by atoms with Gasteiger partial charge < -0.3 is 38.7 Å². The molecule has 5 aromatic rings. The van der Waals surface area contributed by atoms with Crippen LogP contribution in [-0.2, 0) is 28.8 Å². The van der Waals surface area contributed by atoms with Gasteiger partial charge in [0.2, 0.25) is 29.7 Å². The number of halogens is 6. The van der Waals surface area contributed by atoms with Crippen molar-refractivity contribution in [2.75, 3.05) is 6.61 Å². The Labute approximate surface area is 295 Å². The van der Waals surface area contributed by atoms with Gasteiger partial charge in [-0.1, -0.05) is 17.3 Å². The second-order valence-corrected chi connectivity index (χ2v) is 11.0. The number of nitrogens with one attached hydrogen (secondary N) is 1. The molecule has 1 atom stereocenters. The zero-order valence-electron chi connectivity index (χ0n) is 26.4. The van der Waals surface area contributed by atoms with Crippen molar-refractivity contribution >= 4 is 34.0 Å². The van der Waals surface area contributed by atoms with Gasteiger partial charge in [-0.2, -0.15) is 18.2 Å². The molecular weight excluding hydrogens is 779 g/mol. The fraction of sp³-hybridized carbons (Fsp3) is 0.241. The average molecular weight is 801 g/mol. The highest BCUT2D eigenvalue weighted by molar-refractivity contribution is 9.10. The third-order valence-electron chi connectivity index (χ3n) is 6.49. The van der Waals surface area contributed by atoms with Gasteiger partial charge in [0, 0.05) is 12.5 Å². The Kier molecular flexibility index (Phi) is 11.0. The molecule has 2 aromatic carbocycles. The quantitative estimate of drug-likeness (QED) is 0.125. The minimum Gasteiger partial charge on any atom is -0.474 e. The van der Waals surface area contributed by atoms with Crippen molar-refractivity contribution in [1.29, 1.82) is 0 Å². The Morgan fingerprint density at radius 2 is 1.75 bits per heavy atom. The third-order valence-corrected chi connectivity index (χ3v) is 7.03. The zero-order valence-corrected chi connectivity index (χ0v) is 28.0. The zero-order chi connectivity index (χ0) is 37.7. The lowest BCUT2D eigenvalue weighted by Crippen LogP contribution is -2.38. The summed E-state index contributed by atoms with van der Waals surface area (Å²) in [5.41, 5.74) is 3.10. The molecule has 23 heteroatoms. The fourth-order valence-corrected chi connectivity index (χ4v) is 4.66. The molecule has 0 aliphatic carbocycles. The number of benzene rings is 2. The lowest BCUT2D eigenvalue weighted by Gasteiger charge is -2.21. The molecule has 17 nitrogen and oxygen atoms in total. The number of carbonyl (C=O) groups is 3. The van der Waals surface area contributed by atoms with Gasteiger partial charge in [-0.05, 0) is 47.1 Å². The highest BCUT2D eigenvalue weighted by Crippen LogP contribution is 2.36. The fourth-order valence-electron chi connectivity index (χ4n) is 4.18. The monoisotopic (exact) mass is 800 g/mol. The van der Waals surface area contributed by atoms with Crippen LogP contribution in [0, 0.1) is 25.5 Å². The van der Waals surface area contributed by atoms with Crippen LogP contribution in [0.4, 0.5) is 31.5 Å². The number of nitrogens with zero attached hydrogens (tertiary/aromatic N) is 6. The number of primary amides is 1. The van der Waals surface area contributed by atoms with Gasteiger partial charge in [0.1, 0.15) is 30.2 Å². The summed E-state index contributed by atoms with van der Waals surface area (Å²) in [6, 6.07) is 5.26. The molecule has 3 N–H and O–H groups in total. The Morgan fingerprint density at radius 3 is 2.37 bits per heavy atom. The summed E-state index contributed by atoms with van der Waals surface area (Å²) in [5.74, 6) is -5.33. The highest BCUT2D eigenvalue weighted by atomic mass is 79.9. The van der Waals surface area contributed by atoms with Crippen molar-refractivity contribution in [2.45, 2.75) is 39.2 Å². The number of hydrogen-bond acceptors (Lipinski definition) is 14. The lowest BCUT2D eigenvalue weighted by atomic mass is 10.1. The summed E-state index contributed by atoms with van der Waals surface area (Å²) < 4.78 is 95.3. The van der Waals surface area contributed by atoms with E-state index in [2.05, 4.69) is 46.6 Å². The molecule has 3 amide bonds. The van der Waals surface area contributed by atoms with Crippen molar-refractivity contribution in [3.8, 4) is 17.0 Å². The van der Waals surface area contributed by atoms with Crippen LogP contribution in [0.5, 0.6) is 5.75 Å². The number of oxazole rings is 1. The Bertz CT molecular complexity index is 2090. The first kappa shape index (κ1) is 37.1. The standard InChI is InChI=1S/C29H22BrF5N8O9/c1-12-38-20(51-42-12)10-43(52-27(45)37-9-19-41-40-13(2)48-19)28(46)47-11-18(49-17-8-7-16(31)21(22(17)32)25(36)44)26-39-23(24(30)50-26)14-3-5-15(6-4-14)29(33,34)35/h3-8,18H,9-11H2,1-2H3,(H2,36,44)(H,37,45). The smallest absolute Gasteiger partial charge is 0.444 e. The normalized spacial score (nSPS) is 11.9. The number of hydroxylamine groups is 2. The Hall–Kier alpha value is -6.13. The van der Waals surface area contributed by atoms with Gasteiger partial charge in [-0.15, -0.1) is 15.3 Å². The Morgan fingerprint density at radius 1 is 1.02 bits per heavy atom. The summed E-state index contributed by atoms with van der Waals surface area (Å²) in [6.45, 7) is 1.14. The molecule has 3 heterocycles. The van der Waals surface area contributed by atoms with E-state index in [4.69, 9.17) is 33.4 Å². The summed E-state index contributed by atoms with van der Waals surface area (Å²) in [5, 5.41) is 13.5. The van der Waals surface area contributed by atoms with E-state index < -0.39 is 77.9 Å². The largest absolute Gasteiger partial charge is 0.474 e. The number of ether oxygens (including phenoxy) is 2. The molecule has 0 saturated heterocycles. The lowest BCUT2D eigenvalue weighted by molar-refractivity contribution is -0.137. The van der Waals surface area contributed by atoms with E-state index in [0.717, 1.165) is 30.3 Å². The van der Waals surface area contributed by atoms with E-state index in [1.54, 1.807) is 0 Å². The van der Waals surface area contributed by atoms with Crippen LogP contribution < -0.4 is 15.8 Å². The molecule has 0 saturated carbocycles. The van der Waals surface area contributed by atoms with E-state index in [1.165, 1.54) is 13.8 Å². The molecule has 0 aliphatic heterocycles. The molecule has 274 valence electrons. The highest BCUT2D eigenvalue weighted by Gasteiger charge is 2.32. The van der Waals surface area contributed by atoms with Crippen LogP contribution in [0.25, 0.3) is 11.3 Å². The number of hydrogen-bond donors (Lipinski definition) is 2. The van der Waals surface area contributed by atoms with Crippen LogP contribution in [-0.4, -0.2) is 55.1 Å². The number of carbonyl (C=O) groups excluding carboxylic acids is 3. The van der Waals surface area contributed by atoms with Crippen LogP contribution in [0.15, 0.2) is 54.4 Å². The minimum atomic E-state index is -4.62. The first-order valence-electron chi connectivity index (χ1n) is 14.4. The van der Waals surface area contributed by atoms with Crippen LogP contribution >= 0.6 is 15.9 Å². The predicted octanol–water partition coefficient (Wildman–Crippen LogP) is 5.48. The van der Waals surface area contributed by atoms with Gasteiger partial charge in [0.25, 0.3) is 5.91 Å². The summed E-state index contributed by atoms with van der Waals surface area (Å²) in [6.07, 6.45) is -8.93. The maximum absolute atomic E-state index is 15.2. The maximum Gasteiger partial charge on any atom is 0.444 e. The van der Waals surface area contributed by atoms with Crippen molar-refractivity contribution in [1.82, 2.24) is 35.7 Å². The molecule has 1 unspecified atom stereocenters. The average Bonchev–Trinajstić information content (AvgIpc) is 3.81. The molecule has 0 radical (unpaired) electrons. The van der Waals surface area contributed by atoms with E-state index in [0.29, 0.717) is 11.1 Å². The van der Waals surface area contributed by atoms with E-state index in [9.17, 15) is 31.9 Å². The number of alkyl halides is 3. The predicted molar refractivity (Wildman–Crippen MR) is 161 cm³/mol. The Balaban J connectivity index is 1.41. The second-order valence-electron chi connectivity index (χ2n) is 10.3. The van der Waals surface area contributed by atoms with Gasteiger partial charge in [-0.3, -0.25) is 4.79 Å². The van der Waals surface area contributed by atoms with E-state index >= 15 is 4.39 Å². The van der Waals surface area contributed by atoms with E-state index in [-0.39, 0.29) is 46.0 Å².